The van der Waals surface area contributed by atoms with Gasteiger partial charge in [-0.15, -0.1) is 0 Å². The van der Waals surface area contributed by atoms with Crippen LogP contribution in [0.5, 0.6) is 5.75 Å². The smallest absolute Gasteiger partial charge is 0.130 e. The van der Waals surface area contributed by atoms with E-state index in [0.717, 1.165) is 27.2 Å². The second-order valence-electron chi connectivity index (χ2n) is 4.88. The van der Waals surface area contributed by atoms with Crippen molar-refractivity contribution >= 4 is 15.9 Å². The summed E-state index contributed by atoms with van der Waals surface area (Å²) in [6.07, 6.45) is 0. The Morgan fingerprint density at radius 3 is 2.75 bits per heavy atom. The summed E-state index contributed by atoms with van der Waals surface area (Å²) >= 11 is 3.51. The quantitative estimate of drug-likeness (QED) is 0.909. The Balaban J connectivity index is 2.18. The first-order valence-corrected chi connectivity index (χ1v) is 7.39. The van der Waals surface area contributed by atoms with Crippen LogP contribution in [-0.2, 0) is 13.7 Å². The lowest BCUT2D eigenvalue weighted by Gasteiger charge is -2.17. The third-order valence-electron chi connectivity index (χ3n) is 3.35. The van der Waals surface area contributed by atoms with Crippen molar-refractivity contribution in [2.75, 3.05) is 7.05 Å². The van der Waals surface area contributed by atoms with Crippen molar-refractivity contribution in [1.82, 2.24) is 15.1 Å². The monoisotopic (exact) mass is 337 g/mol. The molecule has 1 aromatic heterocycles. The number of aryl methyl sites for hydroxylation is 2. The van der Waals surface area contributed by atoms with Crippen LogP contribution in [0.2, 0.25) is 0 Å². The highest BCUT2D eigenvalue weighted by molar-refractivity contribution is 9.10. The van der Waals surface area contributed by atoms with Crippen LogP contribution in [0.1, 0.15) is 29.9 Å². The van der Waals surface area contributed by atoms with Gasteiger partial charge in [0.2, 0.25) is 0 Å². The van der Waals surface area contributed by atoms with Crippen molar-refractivity contribution in [1.29, 1.82) is 0 Å². The highest BCUT2D eigenvalue weighted by Gasteiger charge is 2.12. The minimum absolute atomic E-state index is 0.232. The summed E-state index contributed by atoms with van der Waals surface area (Å²) in [5.41, 5.74) is 3.21. The van der Waals surface area contributed by atoms with E-state index in [1.807, 2.05) is 43.9 Å². The van der Waals surface area contributed by atoms with Crippen molar-refractivity contribution in [2.45, 2.75) is 26.5 Å². The van der Waals surface area contributed by atoms with Crippen LogP contribution < -0.4 is 10.1 Å². The second kappa shape index (κ2) is 6.41. The van der Waals surface area contributed by atoms with E-state index in [0.29, 0.717) is 6.61 Å². The standard InChI is InChI=1S/C15H20BrN3O/c1-10-7-13(19(4)18-10)9-20-15-6-5-12(16)8-14(15)11(2)17-3/h5-8,11,17H,9H2,1-4H3. The van der Waals surface area contributed by atoms with Gasteiger partial charge in [0, 0.05) is 23.1 Å². The van der Waals surface area contributed by atoms with Gasteiger partial charge in [-0.3, -0.25) is 4.68 Å². The Morgan fingerprint density at radius 2 is 2.15 bits per heavy atom. The predicted octanol–water partition coefficient (Wildman–Crippen LogP) is 3.35. The van der Waals surface area contributed by atoms with E-state index in [1.54, 1.807) is 0 Å². The number of hydrogen-bond acceptors (Lipinski definition) is 3. The summed E-state index contributed by atoms with van der Waals surface area (Å²) in [6.45, 7) is 4.61. The van der Waals surface area contributed by atoms with E-state index in [1.165, 1.54) is 0 Å². The molecule has 0 saturated heterocycles. The zero-order valence-electron chi connectivity index (χ0n) is 12.3. The molecule has 108 valence electrons. The van der Waals surface area contributed by atoms with E-state index >= 15 is 0 Å². The van der Waals surface area contributed by atoms with E-state index in [2.05, 4.69) is 39.3 Å². The van der Waals surface area contributed by atoms with Crippen molar-refractivity contribution in [3.8, 4) is 5.75 Å². The molecule has 0 fully saturated rings. The molecule has 1 atom stereocenters. The molecule has 20 heavy (non-hydrogen) atoms. The second-order valence-corrected chi connectivity index (χ2v) is 5.80. The maximum atomic E-state index is 5.97. The number of rotatable bonds is 5. The number of nitrogens with zero attached hydrogens (tertiary/aromatic N) is 2. The molecule has 0 spiro atoms. The van der Waals surface area contributed by atoms with Gasteiger partial charge in [0.1, 0.15) is 12.4 Å². The maximum Gasteiger partial charge on any atom is 0.130 e. The lowest BCUT2D eigenvalue weighted by Crippen LogP contribution is -2.14. The van der Waals surface area contributed by atoms with Gasteiger partial charge in [0.15, 0.2) is 0 Å². The van der Waals surface area contributed by atoms with Crippen molar-refractivity contribution in [2.24, 2.45) is 7.05 Å². The molecule has 2 rings (SSSR count). The molecule has 1 unspecified atom stereocenters. The molecule has 0 bridgehead atoms. The molecular formula is C15H20BrN3O. The predicted molar refractivity (Wildman–Crippen MR) is 83.9 cm³/mol. The molecular weight excluding hydrogens is 318 g/mol. The minimum Gasteiger partial charge on any atom is -0.487 e. The molecule has 1 N–H and O–H groups in total. The van der Waals surface area contributed by atoms with Crippen LogP contribution in [0.4, 0.5) is 0 Å². The Morgan fingerprint density at radius 1 is 1.40 bits per heavy atom. The topological polar surface area (TPSA) is 39.1 Å². The zero-order valence-corrected chi connectivity index (χ0v) is 13.9. The fourth-order valence-electron chi connectivity index (χ4n) is 2.10. The summed E-state index contributed by atoms with van der Waals surface area (Å²) in [6, 6.07) is 8.35. The Kier molecular flexibility index (Phi) is 4.83. The molecule has 0 saturated carbocycles. The highest BCUT2D eigenvalue weighted by Crippen LogP contribution is 2.29. The van der Waals surface area contributed by atoms with Crippen LogP contribution in [0.25, 0.3) is 0 Å². The number of aromatic nitrogens is 2. The molecule has 4 nitrogen and oxygen atoms in total. The van der Waals surface area contributed by atoms with Gasteiger partial charge in [0.05, 0.1) is 11.4 Å². The van der Waals surface area contributed by atoms with Crippen molar-refractivity contribution in [3.05, 3.63) is 45.7 Å². The van der Waals surface area contributed by atoms with E-state index in [9.17, 15) is 0 Å². The molecule has 1 heterocycles. The van der Waals surface area contributed by atoms with Crippen molar-refractivity contribution in [3.63, 3.8) is 0 Å². The van der Waals surface area contributed by atoms with Crippen LogP contribution >= 0.6 is 15.9 Å². The van der Waals surface area contributed by atoms with Crippen molar-refractivity contribution < 1.29 is 4.74 Å². The average molecular weight is 338 g/mol. The summed E-state index contributed by atoms with van der Waals surface area (Å²) in [5, 5.41) is 7.57. The summed E-state index contributed by atoms with van der Waals surface area (Å²) in [4.78, 5) is 0. The Labute approximate surface area is 128 Å². The highest BCUT2D eigenvalue weighted by atomic mass is 79.9. The van der Waals surface area contributed by atoms with Gasteiger partial charge < -0.3 is 10.1 Å². The summed E-state index contributed by atoms with van der Waals surface area (Å²) in [7, 11) is 3.88. The molecule has 2 aromatic rings. The van der Waals surface area contributed by atoms with Crippen LogP contribution in [0.15, 0.2) is 28.7 Å². The van der Waals surface area contributed by atoms with Crippen LogP contribution in [0.3, 0.4) is 0 Å². The molecule has 0 aliphatic rings. The number of halogens is 1. The van der Waals surface area contributed by atoms with Gasteiger partial charge in [-0.25, -0.2) is 0 Å². The fraction of sp³-hybridized carbons (Fsp3) is 0.400. The van der Waals surface area contributed by atoms with Gasteiger partial charge in [0.25, 0.3) is 0 Å². The number of nitrogens with one attached hydrogen (secondary N) is 1. The van der Waals surface area contributed by atoms with E-state index in [4.69, 9.17) is 4.74 Å². The molecule has 1 aromatic carbocycles. The zero-order chi connectivity index (χ0) is 14.7. The first-order valence-electron chi connectivity index (χ1n) is 6.60. The minimum atomic E-state index is 0.232. The van der Waals surface area contributed by atoms with E-state index < -0.39 is 0 Å². The van der Waals surface area contributed by atoms with Gasteiger partial charge >= 0.3 is 0 Å². The maximum absolute atomic E-state index is 5.97. The lowest BCUT2D eigenvalue weighted by molar-refractivity contribution is 0.289. The van der Waals surface area contributed by atoms with Crippen LogP contribution in [-0.4, -0.2) is 16.8 Å². The summed E-state index contributed by atoms with van der Waals surface area (Å²) < 4.78 is 8.88. The van der Waals surface area contributed by atoms with Crippen LogP contribution in [0, 0.1) is 6.92 Å². The number of ether oxygens (including phenoxy) is 1. The number of benzene rings is 1. The van der Waals surface area contributed by atoms with Gasteiger partial charge in [-0.05, 0) is 45.2 Å². The number of hydrogen-bond donors (Lipinski definition) is 1. The summed E-state index contributed by atoms with van der Waals surface area (Å²) in [5.74, 6) is 0.897. The molecule has 0 aliphatic heterocycles. The largest absolute Gasteiger partial charge is 0.487 e. The fourth-order valence-corrected chi connectivity index (χ4v) is 2.47. The third kappa shape index (κ3) is 3.41. The SMILES string of the molecule is CNC(C)c1cc(Br)ccc1OCc1cc(C)nn1C. The molecule has 0 aliphatic carbocycles. The molecule has 5 heteroatoms. The average Bonchev–Trinajstić information content (AvgIpc) is 2.74. The normalized spacial score (nSPS) is 12.4. The van der Waals surface area contributed by atoms with E-state index in [-0.39, 0.29) is 6.04 Å². The third-order valence-corrected chi connectivity index (χ3v) is 3.84. The molecule has 0 amide bonds. The van der Waals surface area contributed by atoms with Gasteiger partial charge in [-0.2, -0.15) is 5.10 Å². The lowest BCUT2D eigenvalue weighted by atomic mass is 10.1. The molecule has 0 radical (unpaired) electrons. The Hall–Kier alpha value is -1.33. The van der Waals surface area contributed by atoms with Gasteiger partial charge in [-0.1, -0.05) is 15.9 Å². The first kappa shape index (κ1) is 15.1. The Bertz CT molecular complexity index is 595. The first-order chi connectivity index (χ1) is 9.51.